The molecule has 92 valence electrons. The number of carbonyl (C=O) groups excluding carboxylic acids is 1. The number of methoxy groups -OCH3 is 1. The van der Waals surface area contributed by atoms with Crippen LogP contribution >= 0.6 is 15.9 Å². The Morgan fingerprint density at radius 1 is 1.59 bits per heavy atom. The number of nitrogens with one attached hydrogen (secondary N) is 1. The molecule has 1 amide bonds. The lowest BCUT2D eigenvalue weighted by Gasteiger charge is -2.19. The SMILES string of the molecule is COc1nc(N2CCCNC(=O)C2)ncc1Br. The average molecular weight is 301 g/mol. The summed E-state index contributed by atoms with van der Waals surface area (Å²) >= 11 is 3.29. The number of anilines is 1. The van der Waals surface area contributed by atoms with Crippen LogP contribution in [0.1, 0.15) is 6.42 Å². The number of hydrogen-bond donors (Lipinski definition) is 1. The van der Waals surface area contributed by atoms with E-state index in [4.69, 9.17) is 4.74 Å². The lowest BCUT2D eigenvalue weighted by molar-refractivity contribution is -0.119. The molecular weight excluding hydrogens is 288 g/mol. The number of carbonyl (C=O) groups is 1. The molecule has 1 aliphatic heterocycles. The number of rotatable bonds is 2. The Labute approximate surface area is 108 Å². The molecule has 7 heteroatoms. The first-order valence-electron chi connectivity index (χ1n) is 5.29. The highest BCUT2D eigenvalue weighted by Gasteiger charge is 2.18. The van der Waals surface area contributed by atoms with Crippen LogP contribution in [-0.4, -0.2) is 42.6 Å². The van der Waals surface area contributed by atoms with Gasteiger partial charge in [0, 0.05) is 13.1 Å². The van der Waals surface area contributed by atoms with E-state index in [1.54, 1.807) is 13.3 Å². The summed E-state index contributed by atoms with van der Waals surface area (Å²) in [4.78, 5) is 21.7. The Bertz CT molecular complexity index is 427. The maximum Gasteiger partial charge on any atom is 0.239 e. The number of hydrogen-bond acceptors (Lipinski definition) is 5. The van der Waals surface area contributed by atoms with E-state index >= 15 is 0 Å². The first-order valence-corrected chi connectivity index (χ1v) is 6.08. The molecule has 0 saturated carbocycles. The predicted octanol–water partition coefficient (Wildman–Crippen LogP) is 0.574. The van der Waals surface area contributed by atoms with Gasteiger partial charge in [0.25, 0.3) is 0 Å². The van der Waals surface area contributed by atoms with Crippen molar-refractivity contribution in [2.75, 3.05) is 31.6 Å². The minimum atomic E-state index is -0.00649. The number of amides is 1. The monoisotopic (exact) mass is 300 g/mol. The minimum Gasteiger partial charge on any atom is -0.480 e. The van der Waals surface area contributed by atoms with Crippen molar-refractivity contribution in [3.63, 3.8) is 0 Å². The van der Waals surface area contributed by atoms with Crippen LogP contribution in [0, 0.1) is 0 Å². The van der Waals surface area contributed by atoms with Crippen LogP contribution in [0.15, 0.2) is 10.7 Å². The van der Waals surface area contributed by atoms with Gasteiger partial charge >= 0.3 is 0 Å². The highest BCUT2D eigenvalue weighted by atomic mass is 79.9. The fourth-order valence-electron chi connectivity index (χ4n) is 1.61. The van der Waals surface area contributed by atoms with Crippen LogP contribution in [0.4, 0.5) is 5.95 Å². The molecular formula is C10H13BrN4O2. The van der Waals surface area contributed by atoms with E-state index in [0.29, 0.717) is 22.8 Å². The fourth-order valence-corrected chi connectivity index (χ4v) is 1.97. The zero-order chi connectivity index (χ0) is 12.3. The van der Waals surface area contributed by atoms with Crippen molar-refractivity contribution in [2.24, 2.45) is 0 Å². The lowest BCUT2D eigenvalue weighted by Crippen LogP contribution is -2.34. The first kappa shape index (κ1) is 12.1. The van der Waals surface area contributed by atoms with Gasteiger partial charge in [0.15, 0.2) is 0 Å². The molecule has 1 aromatic rings. The Hall–Kier alpha value is -1.37. The van der Waals surface area contributed by atoms with Crippen molar-refractivity contribution in [3.05, 3.63) is 10.7 Å². The summed E-state index contributed by atoms with van der Waals surface area (Å²) in [6.45, 7) is 1.73. The number of ether oxygens (including phenoxy) is 1. The molecule has 0 bridgehead atoms. The summed E-state index contributed by atoms with van der Waals surface area (Å²) < 4.78 is 5.81. The molecule has 1 N–H and O–H groups in total. The van der Waals surface area contributed by atoms with Crippen LogP contribution in [0.5, 0.6) is 5.88 Å². The highest BCUT2D eigenvalue weighted by Crippen LogP contribution is 2.23. The topological polar surface area (TPSA) is 67.3 Å². The van der Waals surface area contributed by atoms with Crippen LogP contribution in [0.2, 0.25) is 0 Å². The molecule has 2 rings (SSSR count). The first-order chi connectivity index (χ1) is 8.20. The van der Waals surface area contributed by atoms with Crippen LogP contribution in [0.3, 0.4) is 0 Å². The Kier molecular flexibility index (Phi) is 3.78. The van der Waals surface area contributed by atoms with Gasteiger partial charge in [-0.05, 0) is 22.4 Å². The highest BCUT2D eigenvalue weighted by molar-refractivity contribution is 9.10. The molecule has 0 spiro atoms. The van der Waals surface area contributed by atoms with Crippen molar-refractivity contribution in [1.29, 1.82) is 0 Å². The minimum absolute atomic E-state index is 0.00649. The third-order valence-electron chi connectivity index (χ3n) is 2.44. The molecule has 17 heavy (non-hydrogen) atoms. The van der Waals surface area contributed by atoms with E-state index in [2.05, 4.69) is 31.2 Å². The van der Waals surface area contributed by atoms with Gasteiger partial charge in [0.2, 0.25) is 17.7 Å². The maximum absolute atomic E-state index is 11.4. The maximum atomic E-state index is 11.4. The quantitative estimate of drug-likeness (QED) is 0.865. The molecule has 0 atom stereocenters. The lowest BCUT2D eigenvalue weighted by atomic mass is 10.4. The number of aromatic nitrogens is 2. The fraction of sp³-hybridized carbons (Fsp3) is 0.500. The van der Waals surface area contributed by atoms with Gasteiger partial charge in [0.05, 0.1) is 24.3 Å². The summed E-state index contributed by atoms with van der Waals surface area (Å²) in [5, 5.41) is 2.81. The van der Waals surface area contributed by atoms with Crippen LogP contribution in [0.25, 0.3) is 0 Å². The summed E-state index contributed by atoms with van der Waals surface area (Å²) in [5.74, 6) is 0.981. The largest absolute Gasteiger partial charge is 0.480 e. The molecule has 0 unspecified atom stereocenters. The number of nitrogens with zero attached hydrogens (tertiary/aromatic N) is 3. The van der Waals surface area contributed by atoms with Gasteiger partial charge < -0.3 is 15.0 Å². The second-order valence-corrected chi connectivity index (χ2v) is 4.51. The van der Waals surface area contributed by atoms with Crippen LogP contribution < -0.4 is 15.0 Å². The van der Waals surface area contributed by atoms with Crippen molar-refractivity contribution in [2.45, 2.75) is 6.42 Å². The average Bonchev–Trinajstić information content (AvgIpc) is 2.54. The normalized spacial score (nSPS) is 16.4. The van der Waals surface area contributed by atoms with Crippen molar-refractivity contribution in [1.82, 2.24) is 15.3 Å². The standard InChI is InChI=1S/C10H13BrN4O2/c1-17-9-7(11)5-13-10(14-9)15-4-2-3-12-8(16)6-15/h5H,2-4,6H2,1H3,(H,12,16). The zero-order valence-corrected chi connectivity index (χ0v) is 11.0. The summed E-state index contributed by atoms with van der Waals surface area (Å²) in [7, 11) is 1.55. The zero-order valence-electron chi connectivity index (χ0n) is 9.44. The van der Waals surface area contributed by atoms with Crippen molar-refractivity contribution >= 4 is 27.8 Å². The molecule has 0 aromatic carbocycles. The molecule has 1 aromatic heterocycles. The predicted molar refractivity (Wildman–Crippen MR) is 66.1 cm³/mol. The van der Waals surface area contributed by atoms with Gasteiger partial charge in [-0.15, -0.1) is 0 Å². The molecule has 1 aliphatic rings. The summed E-state index contributed by atoms with van der Waals surface area (Å²) in [6, 6.07) is 0. The van der Waals surface area contributed by atoms with E-state index < -0.39 is 0 Å². The van der Waals surface area contributed by atoms with Crippen molar-refractivity contribution in [3.8, 4) is 5.88 Å². The van der Waals surface area contributed by atoms with E-state index in [1.807, 2.05) is 4.90 Å². The molecule has 6 nitrogen and oxygen atoms in total. The summed E-state index contributed by atoms with van der Waals surface area (Å²) in [6.07, 6.45) is 2.51. The smallest absolute Gasteiger partial charge is 0.239 e. The third-order valence-corrected chi connectivity index (χ3v) is 2.98. The molecule has 0 radical (unpaired) electrons. The molecule has 1 saturated heterocycles. The van der Waals surface area contributed by atoms with Crippen LogP contribution in [-0.2, 0) is 4.79 Å². The van der Waals surface area contributed by atoms with E-state index in [-0.39, 0.29) is 12.5 Å². The van der Waals surface area contributed by atoms with Gasteiger partial charge in [-0.1, -0.05) is 0 Å². The van der Waals surface area contributed by atoms with Crippen molar-refractivity contribution < 1.29 is 9.53 Å². The Morgan fingerprint density at radius 2 is 2.41 bits per heavy atom. The van der Waals surface area contributed by atoms with E-state index in [0.717, 1.165) is 13.0 Å². The second-order valence-electron chi connectivity index (χ2n) is 3.65. The van der Waals surface area contributed by atoms with E-state index in [9.17, 15) is 4.79 Å². The Balaban J connectivity index is 2.23. The third kappa shape index (κ3) is 2.85. The second kappa shape index (κ2) is 5.31. The Morgan fingerprint density at radius 3 is 3.18 bits per heavy atom. The molecule has 2 heterocycles. The van der Waals surface area contributed by atoms with Gasteiger partial charge in [-0.3, -0.25) is 4.79 Å². The van der Waals surface area contributed by atoms with Gasteiger partial charge in [-0.25, -0.2) is 4.98 Å². The summed E-state index contributed by atoms with van der Waals surface area (Å²) in [5.41, 5.74) is 0. The molecule has 1 fully saturated rings. The number of halogens is 1. The molecule has 0 aliphatic carbocycles. The van der Waals surface area contributed by atoms with Gasteiger partial charge in [0.1, 0.15) is 0 Å². The van der Waals surface area contributed by atoms with E-state index in [1.165, 1.54) is 0 Å². The van der Waals surface area contributed by atoms with Gasteiger partial charge in [-0.2, -0.15) is 4.98 Å².